The fourth-order valence-corrected chi connectivity index (χ4v) is 4.41. The number of sulfonamides is 1. The molecule has 0 saturated carbocycles. The van der Waals surface area contributed by atoms with Gasteiger partial charge in [-0.05, 0) is 25.1 Å². The zero-order valence-electron chi connectivity index (χ0n) is 14.5. The van der Waals surface area contributed by atoms with Crippen molar-refractivity contribution in [1.29, 1.82) is 0 Å². The Morgan fingerprint density at radius 1 is 1.20 bits per heavy atom. The van der Waals surface area contributed by atoms with Crippen LogP contribution in [-0.2, 0) is 14.8 Å². The number of anilines is 1. The third-order valence-electron chi connectivity index (χ3n) is 4.43. The molecule has 2 heterocycles. The van der Waals surface area contributed by atoms with Gasteiger partial charge >= 0.3 is 6.09 Å². The predicted molar refractivity (Wildman–Crippen MR) is 92.6 cm³/mol. The molecule has 1 saturated heterocycles. The Bertz CT molecular complexity index is 744. The van der Waals surface area contributed by atoms with E-state index in [0.29, 0.717) is 38.6 Å². The normalized spacial score (nSPS) is 18.5. The van der Waals surface area contributed by atoms with Crippen LogP contribution in [0, 0.1) is 0 Å². The molecular formula is C16H23N3O5S. The summed E-state index contributed by atoms with van der Waals surface area (Å²) in [4.78, 5) is 15.5. The fourth-order valence-electron chi connectivity index (χ4n) is 2.97. The van der Waals surface area contributed by atoms with E-state index >= 15 is 0 Å². The van der Waals surface area contributed by atoms with E-state index in [-0.39, 0.29) is 18.0 Å². The standard InChI is InChI=1S/C16H23N3O5S/c1-3-23-16(20)18-6-8-19(9-7-18)25(21,22)13-4-5-15-14(12-13)17(2)10-11-24-15/h4-5,12H,3,6-11H2,1-2H3. The molecule has 1 amide bonds. The molecule has 2 aliphatic heterocycles. The van der Waals surface area contributed by atoms with E-state index in [1.165, 1.54) is 9.21 Å². The Morgan fingerprint density at radius 2 is 1.92 bits per heavy atom. The number of amides is 1. The third kappa shape index (κ3) is 3.52. The van der Waals surface area contributed by atoms with Gasteiger partial charge in [0.2, 0.25) is 10.0 Å². The number of carbonyl (C=O) groups excluding carboxylic acids is 1. The molecule has 0 unspecified atom stereocenters. The summed E-state index contributed by atoms with van der Waals surface area (Å²) in [7, 11) is -1.70. The second kappa shape index (κ2) is 7.09. The minimum Gasteiger partial charge on any atom is -0.490 e. The van der Waals surface area contributed by atoms with Gasteiger partial charge in [-0.15, -0.1) is 0 Å². The van der Waals surface area contributed by atoms with Crippen molar-refractivity contribution in [2.24, 2.45) is 0 Å². The number of likely N-dealkylation sites (N-methyl/N-ethyl adjacent to an activating group) is 1. The van der Waals surface area contributed by atoms with Crippen LogP contribution >= 0.6 is 0 Å². The van der Waals surface area contributed by atoms with Gasteiger partial charge in [-0.25, -0.2) is 13.2 Å². The molecule has 1 aromatic rings. The molecule has 138 valence electrons. The summed E-state index contributed by atoms with van der Waals surface area (Å²) in [5.41, 5.74) is 0.775. The van der Waals surface area contributed by atoms with Crippen molar-refractivity contribution >= 4 is 21.8 Å². The minimum atomic E-state index is -3.61. The van der Waals surface area contributed by atoms with Crippen LogP contribution in [0.3, 0.4) is 0 Å². The molecule has 2 aliphatic rings. The molecule has 0 atom stereocenters. The molecule has 0 aromatic heterocycles. The number of hydrogen-bond acceptors (Lipinski definition) is 6. The van der Waals surface area contributed by atoms with E-state index in [0.717, 1.165) is 5.69 Å². The monoisotopic (exact) mass is 369 g/mol. The molecule has 0 radical (unpaired) electrons. The van der Waals surface area contributed by atoms with Gasteiger partial charge in [-0.3, -0.25) is 0 Å². The molecule has 1 fully saturated rings. The summed E-state index contributed by atoms with van der Waals surface area (Å²) < 4.78 is 37.8. The first-order valence-corrected chi connectivity index (χ1v) is 9.77. The van der Waals surface area contributed by atoms with E-state index in [4.69, 9.17) is 9.47 Å². The number of hydrogen-bond donors (Lipinski definition) is 0. The highest BCUT2D eigenvalue weighted by Crippen LogP contribution is 2.33. The lowest BCUT2D eigenvalue weighted by Crippen LogP contribution is -2.50. The minimum absolute atomic E-state index is 0.244. The molecule has 0 spiro atoms. The van der Waals surface area contributed by atoms with E-state index in [9.17, 15) is 13.2 Å². The summed E-state index contributed by atoms with van der Waals surface area (Å²) in [6.45, 7) is 4.52. The summed E-state index contributed by atoms with van der Waals surface area (Å²) in [5.74, 6) is 0.694. The maximum absolute atomic E-state index is 12.9. The van der Waals surface area contributed by atoms with Crippen molar-refractivity contribution in [1.82, 2.24) is 9.21 Å². The summed E-state index contributed by atoms with van der Waals surface area (Å²) in [5, 5.41) is 0. The Morgan fingerprint density at radius 3 is 2.60 bits per heavy atom. The Kier molecular flexibility index (Phi) is 5.05. The van der Waals surface area contributed by atoms with Gasteiger partial charge in [0.1, 0.15) is 12.4 Å². The number of benzene rings is 1. The van der Waals surface area contributed by atoms with Gasteiger partial charge in [-0.1, -0.05) is 0 Å². The zero-order chi connectivity index (χ0) is 18.0. The van der Waals surface area contributed by atoms with Crippen LogP contribution in [0.25, 0.3) is 0 Å². The zero-order valence-corrected chi connectivity index (χ0v) is 15.3. The highest BCUT2D eigenvalue weighted by molar-refractivity contribution is 7.89. The largest absolute Gasteiger partial charge is 0.490 e. The van der Waals surface area contributed by atoms with Gasteiger partial charge in [-0.2, -0.15) is 4.31 Å². The first-order valence-electron chi connectivity index (χ1n) is 8.33. The van der Waals surface area contributed by atoms with Gasteiger partial charge < -0.3 is 19.3 Å². The van der Waals surface area contributed by atoms with Crippen molar-refractivity contribution in [3.8, 4) is 5.75 Å². The first kappa shape index (κ1) is 17.8. The third-order valence-corrected chi connectivity index (χ3v) is 6.32. The average molecular weight is 369 g/mol. The topological polar surface area (TPSA) is 79.4 Å². The van der Waals surface area contributed by atoms with Gasteiger partial charge in [0.05, 0.1) is 23.7 Å². The number of carbonyl (C=O) groups is 1. The summed E-state index contributed by atoms with van der Waals surface area (Å²) in [6, 6.07) is 4.93. The van der Waals surface area contributed by atoms with Crippen molar-refractivity contribution < 1.29 is 22.7 Å². The quantitative estimate of drug-likeness (QED) is 0.790. The Hall–Kier alpha value is -2.00. The molecule has 8 nitrogen and oxygen atoms in total. The van der Waals surface area contributed by atoms with Crippen LogP contribution in [-0.4, -0.2) is 76.7 Å². The van der Waals surface area contributed by atoms with E-state index < -0.39 is 16.1 Å². The van der Waals surface area contributed by atoms with Crippen molar-refractivity contribution in [3.05, 3.63) is 18.2 Å². The van der Waals surface area contributed by atoms with Crippen LogP contribution < -0.4 is 9.64 Å². The molecule has 0 bridgehead atoms. The first-order chi connectivity index (χ1) is 11.9. The second-order valence-corrected chi connectivity index (χ2v) is 7.93. The highest BCUT2D eigenvalue weighted by atomic mass is 32.2. The molecule has 9 heteroatoms. The molecule has 1 aromatic carbocycles. The lowest BCUT2D eigenvalue weighted by atomic mass is 10.2. The maximum Gasteiger partial charge on any atom is 0.409 e. The predicted octanol–water partition coefficient (Wildman–Crippen LogP) is 0.978. The van der Waals surface area contributed by atoms with E-state index in [2.05, 4.69) is 0 Å². The van der Waals surface area contributed by atoms with Gasteiger partial charge in [0, 0.05) is 33.2 Å². The van der Waals surface area contributed by atoms with Crippen molar-refractivity contribution in [3.63, 3.8) is 0 Å². The molecule has 0 aliphatic carbocycles. The average Bonchev–Trinajstić information content (AvgIpc) is 2.62. The number of fused-ring (bicyclic) bond motifs is 1. The van der Waals surface area contributed by atoms with Crippen LogP contribution in [0.15, 0.2) is 23.1 Å². The molecule has 3 rings (SSSR count). The van der Waals surface area contributed by atoms with Crippen LogP contribution in [0.4, 0.5) is 10.5 Å². The number of piperazine rings is 1. The Labute approximate surface area is 147 Å². The van der Waals surface area contributed by atoms with Crippen LogP contribution in [0.1, 0.15) is 6.92 Å². The van der Waals surface area contributed by atoms with Crippen molar-refractivity contribution in [2.75, 3.05) is 57.9 Å². The molecule has 25 heavy (non-hydrogen) atoms. The maximum atomic E-state index is 12.9. The number of ether oxygens (including phenoxy) is 2. The SMILES string of the molecule is CCOC(=O)N1CCN(S(=O)(=O)c2ccc3c(c2)N(C)CCO3)CC1. The van der Waals surface area contributed by atoms with Gasteiger partial charge in [0.25, 0.3) is 0 Å². The van der Waals surface area contributed by atoms with Crippen molar-refractivity contribution in [2.45, 2.75) is 11.8 Å². The second-order valence-electron chi connectivity index (χ2n) is 5.99. The lowest BCUT2D eigenvalue weighted by Gasteiger charge is -2.33. The summed E-state index contributed by atoms with van der Waals surface area (Å²) >= 11 is 0. The van der Waals surface area contributed by atoms with Crippen LogP contribution in [0.5, 0.6) is 5.75 Å². The fraction of sp³-hybridized carbons (Fsp3) is 0.562. The Balaban J connectivity index is 1.75. The number of rotatable bonds is 3. The lowest BCUT2D eigenvalue weighted by molar-refractivity contribution is 0.0934. The smallest absolute Gasteiger partial charge is 0.409 e. The number of nitrogens with zero attached hydrogens (tertiary/aromatic N) is 3. The molecule has 0 N–H and O–H groups in total. The van der Waals surface area contributed by atoms with Gasteiger partial charge in [0.15, 0.2) is 0 Å². The molecular weight excluding hydrogens is 346 g/mol. The highest BCUT2D eigenvalue weighted by Gasteiger charge is 2.31. The van der Waals surface area contributed by atoms with E-state index in [1.807, 2.05) is 11.9 Å². The van der Waals surface area contributed by atoms with Crippen LogP contribution in [0.2, 0.25) is 0 Å². The summed E-state index contributed by atoms with van der Waals surface area (Å²) in [6.07, 6.45) is -0.396. The van der Waals surface area contributed by atoms with E-state index in [1.54, 1.807) is 25.1 Å².